The van der Waals surface area contributed by atoms with Crippen LogP contribution in [0, 0.1) is 0 Å². The first-order chi connectivity index (χ1) is 8.99. The Balaban J connectivity index is 3.76. The number of rotatable bonds is 13. The summed E-state index contributed by atoms with van der Waals surface area (Å²) in [5.41, 5.74) is 0. The molecule has 0 aliphatic heterocycles. The molecule has 0 unspecified atom stereocenters. The highest BCUT2D eigenvalue weighted by Crippen LogP contribution is 2.17. The largest absolute Gasteiger partial charge is 0.418 e. The van der Waals surface area contributed by atoms with Gasteiger partial charge >= 0.3 is 0 Å². The molecule has 115 valence electrons. The predicted octanol–water partition coefficient (Wildman–Crippen LogP) is 6.10. The Morgan fingerprint density at radius 1 is 0.737 bits per heavy atom. The van der Waals surface area contributed by atoms with Gasteiger partial charge in [0.2, 0.25) is 0 Å². The topological polar surface area (TPSA) is 9.23 Å². The molecule has 0 atom stereocenters. The van der Waals surface area contributed by atoms with Crippen molar-refractivity contribution in [2.24, 2.45) is 0 Å². The number of hydrogen-bond donors (Lipinski definition) is 0. The molecular formula is C16H37OSi2. The molecule has 0 saturated carbocycles. The van der Waals surface area contributed by atoms with Crippen LogP contribution in [-0.4, -0.2) is 23.7 Å². The minimum atomic E-state index is -1.28. The maximum absolute atomic E-state index is 5.99. The Bertz CT molecular complexity index is 180. The zero-order valence-corrected chi connectivity index (χ0v) is 16.2. The first kappa shape index (κ1) is 19.4. The van der Waals surface area contributed by atoms with Crippen molar-refractivity contribution in [2.75, 3.05) is 6.61 Å². The monoisotopic (exact) mass is 301 g/mol. The molecule has 0 N–H and O–H groups in total. The van der Waals surface area contributed by atoms with E-state index < -0.39 is 8.32 Å². The van der Waals surface area contributed by atoms with Crippen molar-refractivity contribution >= 4 is 17.1 Å². The van der Waals surface area contributed by atoms with E-state index in [2.05, 4.69) is 33.5 Å². The van der Waals surface area contributed by atoms with E-state index in [9.17, 15) is 0 Å². The van der Waals surface area contributed by atoms with Crippen LogP contribution in [0.2, 0.25) is 37.8 Å². The van der Waals surface area contributed by atoms with Gasteiger partial charge in [-0.15, -0.1) is 0 Å². The Hall–Kier alpha value is 0.394. The van der Waals surface area contributed by atoms with Crippen LogP contribution >= 0.6 is 0 Å². The Labute approximate surface area is 125 Å². The highest BCUT2D eigenvalue weighted by atomic mass is 28.4. The third kappa shape index (κ3) is 14.6. The molecule has 1 radical (unpaired) electrons. The average molecular weight is 302 g/mol. The lowest BCUT2D eigenvalue weighted by atomic mass is 10.3. The van der Waals surface area contributed by atoms with Crippen LogP contribution in [-0.2, 0) is 4.43 Å². The fourth-order valence-electron chi connectivity index (χ4n) is 2.33. The lowest BCUT2D eigenvalue weighted by Gasteiger charge is -2.19. The van der Waals surface area contributed by atoms with E-state index in [-0.39, 0.29) is 8.80 Å². The van der Waals surface area contributed by atoms with Crippen molar-refractivity contribution in [3.05, 3.63) is 0 Å². The highest BCUT2D eigenvalue weighted by Gasteiger charge is 2.15. The van der Waals surface area contributed by atoms with Crippen LogP contribution in [0.4, 0.5) is 0 Å². The summed E-state index contributed by atoms with van der Waals surface area (Å²) >= 11 is 0. The second-order valence-corrected chi connectivity index (χ2v) is 14.2. The molecule has 0 aliphatic carbocycles. The minimum Gasteiger partial charge on any atom is -0.418 e. The number of hydrogen-bond acceptors (Lipinski definition) is 1. The van der Waals surface area contributed by atoms with E-state index >= 15 is 0 Å². The van der Waals surface area contributed by atoms with Gasteiger partial charge in [-0.05, 0) is 26.1 Å². The average Bonchev–Trinajstić information content (AvgIpc) is 2.33. The Morgan fingerprint density at radius 3 is 1.63 bits per heavy atom. The molecule has 3 heteroatoms. The van der Waals surface area contributed by atoms with Crippen molar-refractivity contribution in [2.45, 2.75) is 96.6 Å². The number of unbranched alkanes of at least 4 members (excludes halogenated alkanes) is 4. The molecule has 19 heavy (non-hydrogen) atoms. The molecule has 0 saturated heterocycles. The van der Waals surface area contributed by atoms with Crippen molar-refractivity contribution in [3.8, 4) is 0 Å². The van der Waals surface area contributed by atoms with Gasteiger partial charge < -0.3 is 4.43 Å². The molecule has 0 aliphatic rings. The van der Waals surface area contributed by atoms with Gasteiger partial charge in [0, 0.05) is 15.4 Å². The molecule has 0 fully saturated rings. The van der Waals surface area contributed by atoms with Gasteiger partial charge in [-0.1, -0.05) is 70.5 Å². The molecule has 0 aromatic heterocycles. The molecule has 0 bridgehead atoms. The summed E-state index contributed by atoms with van der Waals surface area (Å²) in [5.74, 6) is 0. The normalized spacial score (nSPS) is 12.3. The van der Waals surface area contributed by atoms with E-state index in [1.165, 1.54) is 51.0 Å². The maximum Gasteiger partial charge on any atom is 0.183 e. The van der Waals surface area contributed by atoms with Crippen LogP contribution in [0.25, 0.3) is 0 Å². The molecule has 0 rings (SSSR count). The maximum atomic E-state index is 5.99. The molecule has 1 nitrogen and oxygen atoms in total. The van der Waals surface area contributed by atoms with E-state index in [1.807, 2.05) is 0 Å². The molecular weight excluding hydrogens is 264 g/mol. The van der Waals surface area contributed by atoms with E-state index in [4.69, 9.17) is 4.43 Å². The van der Waals surface area contributed by atoms with E-state index in [0.29, 0.717) is 0 Å². The van der Waals surface area contributed by atoms with Gasteiger partial charge in [0.15, 0.2) is 8.32 Å². The second kappa shape index (κ2) is 12.2. The zero-order chi connectivity index (χ0) is 14.6. The van der Waals surface area contributed by atoms with Gasteiger partial charge in [-0.3, -0.25) is 0 Å². The van der Waals surface area contributed by atoms with Crippen molar-refractivity contribution in [3.63, 3.8) is 0 Å². The van der Waals surface area contributed by atoms with Gasteiger partial charge in [0.1, 0.15) is 0 Å². The van der Waals surface area contributed by atoms with E-state index in [0.717, 1.165) is 6.61 Å². The van der Waals surface area contributed by atoms with Crippen molar-refractivity contribution < 1.29 is 4.43 Å². The fourth-order valence-corrected chi connectivity index (χ4v) is 5.98. The third-order valence-corrected chi connectivity index (χ3v) is 7.73. The second-order valence-electron chi connectivity index (χ2n) is 6.73. The van der Waals surface area contributed by atoms with Crippen LogP contribution < -0.4 is 0 Å². The van der Waals surface area contributed by atoms with Crippen molar-refractivity contribution in [1.82, 2.24) is 0 Å². The summed E-state index contributed by atoms with van der Waals surface area (Å²) < 4.78 is 5.99. The van der Waals surface area contributed by atoms with Gasteiger partial charge in [-0.25, -0.2) is 0 Å². The molecule has 0 heterocycles. The standard InChI is InChI=1S/C16H37OSi2/c1-6-8-10-14-18(15-11-9-7-2)16-12-13-17-19(3,4)5/h6-16H2,1-5H3. The quantitative estimate of drug-likeness (QED) is 0.295. The zero-order valence-electron chi connectivity index (χ0n) is 14.2. The van der Waals surface area contributed by atoms with Gasteiger partial charge in [-0.2, -0.15) is 0 Å². The first-order valence-electron chi connectivity index (χ1n) is 8.47. The lowest BCUT2D eigenvalue weighted by Crippen LogP contribution is -2.26. The Kier molecular flexibility index (Phi) is 12.4. The van der Waals surface area contributed by atoms with Gasteiger partial charge in [0.05, 0.1) is 0 Å². The van der Waals surface area contributed by atoms with Crippen LogP contribution in [0.1, 0.15) is 58.8 Å². The van der Waals surface area contributed by atoms with Crippen LogP contribution in [0.15, 0.2) is 0 Å². The predicted molar refractivity (Wildman–Crippen MR) is 93.1 cm³/mol. The summed E-state index contributed by atoms with van der Waals surface area (Å²) in [5, 5.41) is 0. The van der Waals surface area contributed by atoms with Crippen LogP contribution in [0.3, 0.4) is 0 Å². The summed E-state index contributed by atoms with van der Waals surface area (Å²) in [4.78, 5) is 0. The highest BCUT2D eigenvalue weighted by molar-refractivity contribution is 6.69. The molecule has 0 aromatic rings. The van der Waals surface area contributed by atoms with Crippen molar-refractivity contribution in [1.29, 1.82) is 0 Å². The smallest absolute Gasteiger partial charge is 0.183 e. The van der Waals surface area contributed by atoms with E-state index in [1.54, 1.807) is 12.1 Å². The summed E-state index contributed by atoms with van der Waals surface area (Å²) in [7, 11) is -1.35. The summed E-state index contributed by atoms with van der Waals surface area (Å²) in [6.07, 6.45) is 9.88. The summed E-state index contributed by atoms with van der Waals surface area (Å²) in [6, 6.07) is 4.59. The lowest BCUT2D eigenvalue weighted by molar-refractivity contribution is 0.311. The third-order valence-electron chi connectivity index (χ3n) is 3.48. The molecule has 0 aromatic carbocycles. The molecule has 0 amide bonds. The first-order valence-corrected chi connectivity index (χ1v) is 14.0. The summed E-state index contributed by atoms with van der Waals surface area (Å²) in [6.45, 7) is 12.5. The fraction of sp³-hybridized carbons (Fsp3) is 1.00. The molecule has 0 spiro atoms. The SMILES string of the molecule is CCCCC[Si](CCCCC)CCCO[Si](C)(C)C. The minimum absolute atomic E-state index is 0.0715. The Morgan fingerprint density at radius 2 is 1.21 bits per heavy atom. The van der Waals surface area contributed by atoms with Gasteiger partial charge in [0.25, 0.3) is 0 Å². The van der Waals surface area contributed by atoms with Crippen LogP contribution in [0.5, 0.6) is 0 Å².